The minimum Gasteiger partial charge on any atom is -0.465 e. The first kappa shape index (κ1) is 20.1. The molecule has 0 unspecified atom stereocenters. The van der Waals surface area contributed by atoms with Crippen LogP contribution in [0.15, 0.2) is 48.5 Å². The van der Waals surface area contributed by atoms with Gasteiger partial charge >= 0.3 is 12.0 Å². The van der Waals surface area contributed by atoms with E-state index in [0.717, 1.165) is 10.5 Å². The van der Waals surface area contributed by atoms with Crippen LogP contribution >= 0.6 is 0 Å². The molecule has 150 valence electrons. The highest BCUT2D eigenvalue weighted by molar-refractivity contribution is 6.10. The first-order chi connectivity index (χ1) is 13.8. The molecule has 0 radical (unpaired) electrons. The number of nitrogens with zero attached hydrogens (tertiary/aromatic N) is 1. The molecule has 0 saturated carbocycles. The molecule has 1 atom stereocenters. The van der Waals surface area contributed by atoms with Gasteiger partial charge in [0, 0.05) is 0 Å². The van der Waals surface area contributed by atoms with Gasteiger partial charge in [-0.3, -0.25) is 14.5 Å². The van der Waals surface area contributed by atoms with E-state index in [9.17, 15) is 19.2 Å². The number of carbonyl (C=O) groups is 4. The van der Waals surface area contributed by atoms with E-state index in [-0.39, 0.29) is 11.3 Å². The van der Waals surface area contributed by atoms with Crippen molar-refractivity contribution in [1.82, 2.24) is 10.2 Å². The highest BCUT2D eigenvalue weighted by Gasteiger charge is 2.49. The maximum atomic E-state index is 12.9. The zero-order valence-electron chi connectivity index (χ0n) is 16.3. The number of imide groups is 1. The fourth-order valence-electron chi connectivity index (χ4n) is 3.14. The smallest absolute Gasteiger partial charge is 0.339 e. The summed E-state index contributed by atoms with van der Waals surface area (Å²) in [7, 11) is 1.24. The molecule has 1 fully saturated rings. The molecule has 3 rings (SSSR count). The van der Waals surface area contributed by atoms with E-state index < -0.39 is 35.9 Å². The van der Waals surface area contributed by atoms with Crippen LogP contribution in [0.4, 0.5) is 10.5 Å². The van der Waals surface area contributed by atoms with Gasteiger partial charge in [0.05, 0.1) is 18.4 Å². The molecular weight excluding hydrogens is 374 g/mol. The number of urea groups is 1. The molecule has 8 heteroatoms. The SMILES string of the molecule is COC(=O)c1ccccc1NC(=O)CN1C(=O)N[C@](C)(c2ccc(C)cc2)C1=O. The van der Waals surface area contributed by atoms with Crippen LogP contribution in [0.1, 0.15) is 28.4 Å². The Labute approximate surface area is 167 Å². The van der Waals surface area contributed by atoms with Crippen LogP contribution in [-0.4, -0.2) is 42.4 Å². The minimum atomic E-state index is -1.25. The van der Waals surface area contributed by atoms with Crippen molar-refractivity contribution < 1.29 is 23.9 Å². The summed E-state index contributed by atoms with van der Waals surface area (Å²) >= 11 is 0. The molecule has 1 saturated heterocycles. The van der Waals surface area contributed by atoms with Gasteiger partial charge in [-0.2, -0.15) is 0 Å². The topological polar surface area (TPSA) is 105 Å². The number of carbonyl (C=O) groups excluding carboxylic acids is 4. The molecule has 0 bridgehead atoms. The Morgan fingerprint density at radius 2 is 1.76 bits per heavy atom. The average Bonchev–Trinajstić information content (AvgIpc) is 2.92. The maximum absolute atomic E-state index is 12.9. The van der Waals surface area contributed by atoms with Gasteiger partial charge in [0.15, 0.2) is 0 Å². The molecule has 1 aliphatic heterocycles. The third-order valence-electron chi connectivity index (χ3n) is 4.81. The zero-order valence-corrected chi connectivity index (χ0v) is 16.3. The van der Waals surface area contributed by atoms with Crippen molar-refractivity contribution in [2.45, 2.75) is 19.4 Å². The fraction of sp³-hybridized carbons (Fsp3) is 0.238. The molecule has 1 aliphatic rings. The summed E-state index contributed by atoms with van der Waals surface area (Å²) in [6.45, 7) is 3.04. The van der Waals surface area contributed by atoms with Crippen LogP contribution in [0.3, 0.4) is 0 Å². The summed E-state index contributed by atoms with van der Waals surface area (Å²) in [6.07, 6.45) is 0. The standard InChI is InChI=1S/C21H21N3O5/c1-13-8-10-14(11-9-13)21(2)19(27)24(20(28)23-21)12-17(25)22-16-7-5-4-6-15(16)18(26)29-3/h4-11H,12H2,1-3H3,(H,22,25)(H,23,28)/t21-/m1/s1. The number of amides is 4. The normalized spacial score (nSPS) is 18.4. The lowest BCUT2D eigenvalue weighted by atomic mass is 9.91. The molecule has 2 aromatic carbocycles. The Balaban J connectivity index is 1.76. The van der Waals surface area contributed by atoms with Crippen LogP contribution in [0.25, 0.3) is 0 Å². The van der Waals surface area contributed by atoms with E-state index >= 15 is 0 Å². The summed E-state index contributed by atoms with van der Waals surface area (Å²) in [6, 6.07) is 12.9. The predicted octanol–water partition coefficient (Wildman–Crippen LogP) is 2.19. The van der Waals surface area contributed by atoms with Crippen molar-refractivity contribution in [1.29, 1.82) is 0 Å². The number of aryl methyl sites for hydroxylation is 1. The van der Waals surface area contributed by atoms with Gasteiger partial charge < -0.3 is 15.4 Å². The van der Waals surface area contributed by atoms with Crippen molar-refractivity contribution >= 4 is 29.5 Å². The van der Waals surface area contributed by atoms with Crippen LogP contribution in [-0.2, 0) is 19.9 Å². The van der Waals surface area contributed by atoms with E-state index in [2.05, 4.69) is 10.6 Å². The lowest BCUT2D eigenvalue weighted by Crippen LogP contribution is -2.42. The number of para-hydroxylation sites is 1. The second-order valence-electron chi connectivity index (χ2n) is 6.90. The first-order valence-corrected chi connectivity index (χ1v) is 8.94. The molecule has 2 N–H and O–H groups in total. The van der Waals surface area contributed by atoms with E-state index in [1.165, 1.54) is 19.2 Å². The number of hydrogen-bond donors (Lipinski definition) is 2. The summed E-state index contributed by atoms with van der Waals surface area (Å²) in [5, 5.41) is 5.21. The fourth-order valence-corrected chi connectivity index (χ4v) is 3.14. The lowest BCUT2D eigenvalue weighted by molar-refractivity contribution is -0.133. The summed E-state index contributed by atoms with van der Waals surface area (Å²) in [4.78, 5) is 50.5. The van der Waals surface area contributed by atoms with Gasteiger partial charge in [0.2, 0.25) is 5.91 Å². The molecule has 8 nitrogen and oxygen atoms in total. The Morgan fingerprint density at radius 3 is 2.41 bits per heavy atom. The first-order valence-electron chi connectivity index (χ1n) is 8.94. The third-order valence-corrected chi connectivity index (χ3v) is 4.81. The predicted molar refractivity (Wildman–Crippen MR) is 105 cm³/mol. The number of ether oxygens (including phenoxy) is 1. The second-order valence-corrected chi connectivity index (χ2v) is 6.90. The van der Waals surface area contributed by atoms with E-state index in [0.29, 0.717) is 5.56 Å². The molecule has 4 amide bonds. The number of rotatable bonds is 5. The Bertz CT molecular complexity index is 986. The average molecular weight is 395 g/mol. The molecule has 0 aliphatic carbocycles. The molecule has 0 aromatic heterocycles. The van der Waals surface area contributed by atoms with E-state index in [1.54, 1.807) is 31.2 Å². The molecule has 0 spiro atoms. The van der Waals surface area contributed by atoms with Gasteiger partial charge in [-0.05, 0) is 31.5 Å². The highest BCUT2D eigenvalue weighted by Crippen LogP contribution is 2.29. The Kier molecular flexibility index (Phi) is 5.36. The van der Waals surface area contributed by atoms with E-state index in [4.69, 9.17) is 4.74 Å². The number of methoxy groups -OCH3 is 1. The van der Waals surface area contributed by atoms with Crippen molar-refractivity contribution in [3.05, 3.63) is 65.2 Å². The summed E-state index contributed by atoms with van der Waals surface area (Å²) < 4.78 is 4.69. The number of nitrogens with one attached hydrogen (secondary N) is 2. The van der Waals surface area contributed by atoms with Crippen molar-refractivity contribution in [3.63, 3.8) is 0 Å². The van der Waals surface area contributed by atoms with Gasteiger partial charge in [-0.15, -0.1) is 0 Å². The van der Waals surface area contributed by atoms with Gasteiger partial charge in [-0.1, -0.05) is 42.0 Å². The van der Waals surface area contributed by atoms with E-state index in [1.807, 2.05) is 19.1 Å². The zero-order chi connectivity index (χ0) is 21.2. The quantitative estimate of drug-likeness (QED) is 0.596. The van der Waals surface area contributed by atoms with Crippen molar-refractivity contribution in [3.8, 4) is 0 Å². The molecule has 29 heavy (non-hydrogen) atoms. The maximum Gasteiger partial charge on any atom is 0.339 e. The Morgan fingerprint density at radius 1 is 1.10 bits per heavy atom. The van der Waals surface area contributed by atoms with Crippen molar-refractivity contribution in [2.75, 3.05) is 19.0 Å². The monoisotopic (exact) mass is 395 g/mol. The number of anilines is 1. The Hall–Kier alpha value is -3.68. The number of hydrogen-bond acceptors (Lipinski definition) is 5. The largest absolute Gasteiger partial charge is 0.465 e. The van der Waals surface area contributed by atoms with Gasteiger partial charge in [-0.25, -0.2) is 9.59 Å². The van der Waals surface area contributed by atoms with Crippen molar-refractivity contribution in [2.24, 2.45) is 0 Å². The van der Waals surface area contributed by atoms with Crippen LogP contribution in [0.2, 0.25) is 0 Å². The number of benzene rings is 2. The van der Waals surface area contributed by atoms with Crippen LogP contribution < -0.4 is 10.6 Å². The minimum absolute atomic E-state index is 0.171. The molecular formula is C21H21N3O5. The van der Waals surface area contributed by atoms with Crippen LogP contribution in [0.5, 0.6) is 0 Å². The van der Waals surface area contributed by atoms with Gasteiger partial charge in [0.25, 0.3) is 5.91 Å². The summed E-state index contributed by atoms with van der Waals surface area (Å²) in [5.41, 5.74) is 0.799. The molecule has 1 heterocycles. The second kappa shape index (κ2) is 7.75. The highest BCUT2D eigenvalue weighted by atomic mass is 16.5. The van der Waals surface area contributed by atoms with Crippen LogP contribution in [0, 0.1) is 6.92 Å². The van der Waals surface area contributed by atoms with Gasteiger partial charge in [0.1, 0.15) is 12.1 Å². The molecule has 2 aromatic rings. The summed E-state index contributed by atoms with van der Waals surface area (Å²) in [5.74, 6) is -1.75. The number of esters is 1. The third kappa shape index (κ3) is 3.82. The lowest BCUT2D eigenvalue weighted by Gasteiger charge is -2.22.